The lowest BCUT2D eigenvalue weighted by Gasteiger charge is -2.16. The second-order valence-corrected chi connectivity index (χ2v) is 5.10. The number of rotatable bonds is 4. The van der Waals surface area contributed by atoms with E-state index < -0.39 is 5.97 Å². The largest absolute Gasteiger partial charge is 0.481 e. The molecule has 0 bridgehead atoms. The smallest absolute Gasteiger partial charge is 0.306 e. The van der Waals surface area contributed by atoms with Gasteiger partial charge in [0.1, 0.15) is 0 Å². The summed E-state index contributed by atoms with van der Waals surface area (Å²) in [7, 11) is 0. The number of aromatic nitrogens is 1. The summed E-state index contributed by atoms with van der Waals surface area (Å²) in [6, 6.07) is 1.77. The second-order valence-electron chi connectivity index (χ2n) is 5.10. The lowest BCUT2D eigenvalue weighted by atomic mass is 9.96. The van der Waals surface area contributed by atoms with Crippen LogP contribution in [0.4, 0.5) is 0 Å². The van der Waals surface area contributed by atoms with Gasteiger partial charge in [-0.2, -0.15) is 0 Å². The molecule has 2 unspecified atom stereocenters. The molecule has 19 heavy (non-hydrogen) atoms. The number of carboxylic acids is 1. The summed E-state index contributed by atoms with van der Waals surface area (Å²) in [4.78, 5) is 27.0. The van der Waals surface area contributed by atoms with Gasteiger partial charge in [-0.05, 0) is 37.3 Å². The molecule has 1 aliphatic carbocycles. The van der Waals surface area contributed by atoms with Crippen molar-refractivity contribution < 1.29 is 14.7 Å². The lowest BCUT2D eigenvalue weighted by molar-refractivity contribution is -0.142. The molecule has 5 nitrogen and oxygen atoms in total. The minimum Gasteiger partial charge on any atom is -0.481 e. The summed E-state index contributed by atoms with van der Waals surface area (Å²) >= 11 is 0. The summed E-state index contributed by atoms with van der Waals surface area (Å²) in [5.41, 5.74) is 1.45. The Morgan fingerprint density at radius 1 is 1.42 bits per heavy atom. The van der Waals surface area contributed by atoms with Crippen LogP contribution < -0.4 is 5.32 Å². The predicted octanol–water partition coefficient (Wildman–Crippen LogP) is 1.62. The maximum atomic E-state index is 11.9. The second kappa shape index (κ2) is 5.82. The van der Waals surface area contributed by atoms with Crippen molar-refractivity contribution >= 4 is 11.9 Å². The molecule has 1 aromatic rings. The van der Waals surface area contributed by atoms with Crippen molar-refractivity contribution in [2.24, 2.45) is 11.8 Å². The predicted molar refractivity (Wildman–Crippen MR) is 69.8 cm³/mol. The molecule has 5 heteroatoms. The van der Waals surface area contributed by atoms with E-state index >= 15 is 0 Å². The summed E-state index contributed by atoms with van der Waals surface area (Å²) in [5.74, 6) is -1.23. The van der Waals surface area contributed by atoms with E-state index in [2.05, 4.69) is 10.3 Å². The third-order valence-corrected chi connectivity index (χ3v) is 3.64. The van der Waals surface area contributed by atoms with E-state index in [1.807, 2.05) is 6.92 Å². The molecule has 0 aromatic carbocycles. The summed E-state index contributed by atoms with van der Waals surface area (Å²) in [5, 5.41) is 11.9. The fraction of sp³-hybridized carbons (Fsp3) is 0.500. The van der Waals surface area contributed by atoms with E-state index in [0.717, 1.165) is 18.4 Å². The Labute approximate surface area is 112 Å². The number of aliphatic carboxylic acids is 1. The van der Waals surface area contributed by atoms with Gasteiger partial charge in [0.05, 0.1) is 11.5 Å². The van der Waals surface area contributed by atoms with Gasteiger partial charge < -0.3 is 10.4 Å². The van der Waals surface area contributed by atoms with Gasteiger partial charge in [0, 0.05) is 18.9 Å². The Morgan fingerprint density at radius 2 is 2.21 bits per heavy atom. The summed E-state index contributed by atoms with van der Waals surface area (Å²) < 4.78 is 0. The Bertz CT molecular complexity index is 487. The molecule has 1 saturated carbocycles. The minimum atomic E-state index is -0.756. The van der Waals surface area contributed by atoms with Crippen molar-refractivity contribution in [2.45, 2.75) is 26.2 Å². The van der Waals surface area contributed by atoms with Crippen LogP contribution in [0, 0.1) is 18.8 Å². The number of nitrogens with zero attached hydrogens (tertiary/aromatic N) is 1. The molecular weight excluding hydrogens is 244 g/mol. The van der Waals surface area contributed by atoms with Crippen molar-refractivity contribution in [3.8, 4) is 0 Å². The van der Waals surface area contributed by atoms with Crippen molar-refractivity contribution in [3.63, 3.8) is 0 Å². The highest BCUT2D eigenvalue weighted by Gasteiger charge is 2.32. The number of hydrogen-bond acceptors (Lipinski definition) is 3. The molecule has 2 N–H and O–H groups in total. The molecule has 1 aliphatic rings. The Morgan fingerprint density at radius 3 is 2.89 bits per heavy atom. The van der Waals surface area contributed by atoms with E-state index in [1.165, 1.54) is 6.20 Å². The van der Waals surface area contributed by atoms with Crippen LogP contribution in [-0.2, 0) is 4.79 Å². The van der Waals surface area contributed by atoms with Gasteiger partial charge in [0.25, 0.3) is 5.91 Å². The zero-order valence-electron chi connectivity index (χ0n) is 10.9. The first-order valence-corrected chi connectivity index (χ1v) is 6.50. The molecule has 0 saturated heterocycles. The Kier molecular flexibility index (Phi) is 4.14. The zero-order valence-corrected chi connectivity index (χ0v) is 10.9. The average Bonchev–Trinajstić information content (AvgIpc) is 2.84. The fourth-order valence-corrected chi connectivity index (χ4v) is 2.61. The molecule has 102 valence electrons. The monoisotopic (exact) mass is 262 g/mol. The summed E-state index contributed by atoms with van der Waals surface area (Å²) in [6.45, 7) is 2.30. The third-order valence-electron chi connectivity index (χ3n) is 3.64. The number of amides is 1. The van der Waals surface area contributed by atoms with Crippen LogP contribution in [0.25, 0.3) is 0 Å². The molecule has 1 fully saturated rings. The molecule has 0 spiro atoms. The molecule has 2 atom stereocenters. The number of nitrogens with one attached hydrogen (secondary N) is 1. The van der Waals surface area contributed by atoms with Crippen molar-refractivity contribution in [1.29, 1.82) is 0 Å². The first-order valence-electron chi connectivity index (χ1n) is 6.50. The van der Waals surface area contributed by atoms with Gasteiger partial charge >= 0.3 is 5.97 Å². The van der Waals surface area contributed by atoms with Crippen molar-refractivity contribution in [2.75, 3.05) is 6.54 Å². The van der Waals surface area contributed by atoms with E-state index in [9.17, 15) is 9.59 Å². The molecule has 1 aromatic heterocycles. The lowest BCUT2D eigenvalue weighted by Crippen LogP contribution is -2.33. The Hall–Kier alpha value is -1.91. The van der Waals surface area contributed by atoms with E-state index in [1.54, 1.807) is 12.3 Å². The number of carbonyl (C=O) groups is 2. The molecule has 0 radical (unpaired) electrons. The van der Waals surface area contributed by atoms with Gasteiger partial charge in [-0.3, -0.25) is 14.6 Å². The topological polar surface area (TPSA) is 79.3 Å². The van der Waals surface area contributed by atoms with Crippen molar-refractivity contribution in [1.82, 2.24) is 10.3 Å². The highest BCUT2D eigenvalue weighted by atomic mass is 16.4. The van der Waals surface area contributed by atoms with Crippen LogP contribution in [0.3, 0.4) is 0 Å². The van der Waals surface area contributed by atoms with Crippen LogP contribution in [0.15, 0.2) is 18.5 Å². The van der Waals surface area contributed by atoms with Gasteiger partial charge in [0.2, 0.25) is 0 Å². The van der Waals surface area contributed by atoms with Gasteiger partial charge in [-0.15, -0.1) is 0 Å². The highest BCUT2D eigenvalue weighted by Crippen LogP contribution is 2.31. The van der Waals surface area contributed by atoms with E-state index in [-0.39, 0.29) is 17.7 Å². The standard InChI is InChI=1S/C14H18N2O3/c1-9-5-11(7-15-6-9)13(17)16-8-10-3-2-4-12(10)14(18)19/h5-7,10,12H,2-4,8H2,1H3,(H,16,17)(H,18,19). The fourth-order valence-electron chi connectivity index (χ4n) is 2.61. The van der Waals surface area contributed by atoms with Crippen molar-refractivity contribution in [3.05, 3.63) is 29.6 Å². The number of carboxylic acid groups (broad SMARTS) is 1. The molecular formula is C14H18N2O3. The third kappa shape index (κ3) is 3.30. The van der Waals surface area contributed by atoms with Crippen LogP contribution in [-0.4, -0.2) is 28.5 Å². The first-order chi connectivity index (χ1) is 9.08. The van der Waals surface area contributed by atoms with Gasteiger partial charge in [-0.25, -0.2) is 0 Å². The summed E-state index contributed by atoms with van der Waals surface area (Å²) in [6.07, 6.45) is 5.70. The van der Waals surface area contributed by atoms with E-state index in [4.69, 9.17) is 5.11 Å². The number of carbonyl (C=O) groups excluding carboxylic acids is 1. The minimum absolute atomic E-state index is 0.0409. The SMILES string of the molecule is Cc1cncc(C(=O)NCC2CCCC2C(=O)O)c1. The highest BCUT2D eigenvalue weighted by molar-refractivity contribution is 5.94. The average molecular weight is 262 g/mol. The normalized spacial score (nSPS) is 22.2. The maximum absolute atomic E-state index is 11.9. The van der Waals surface area contributed by atoms with Gasteiger partial charge in [-0.1, -0.05) is 6.42 Å². The number of pyridine rings is 1. The maximum Gasteiger partial charge on any atom is 0.306 e. The molecule has 2 rings (SSSR count). The Balaban J connectivity index is 1.92. The zero-order chi connectivity index (χ0) is 13.8. The molecule has 1 heterocycles. The van der Waals surface area contributed by atoms with E-state index in [0.29, 0.717) is 18.5 Å². The number of aryl methyl sites for hydroxylation is 1. The number of hydrogen-bond donors (Lipinski definition) is 2. The van der Waals surface area contributed by atoms with Crippen LogP contribution in [0.2, 0.25) is 0 Å². The van der Waals surface area contributed by atoms with Gasteiger partial charge in [0.15, 0.2) is 0 Å². The first kappa shape index (κ1) is 13.5. The molecule has 1 amide bonds. The van der Waals surface area contributed by atoms with Crippen LogP contribution in [0.5, 0.6) is 0 Å². The van der Waals surface area contributed by atoms with Crippen LogP contribution in [0.1, 0.15) is 35.2 Å². The molecule has 0 aliphatic heterocycles. The quantitative estimate of drug-likeness (QED) is 0.864. The van der Waals surface area contributed by atoms with Crippen LogP contribution >= 0.6 is 0 Å².